The van der Waals surface area contributed by atoms with Gasteiger partial charge in [0, 0.05) is 4.88 Å². The standard InChI is InChI=1S/C6H6O2S.C2H6N2O/c7-6(8)4-5-2-1-3-9-5;3-1-2(4)5/h1-3H,4H2,(H,7,8);1,3H2,(H2,4,5). The molecule has 0 bridgehead atoms. The van der Waals surface area contributed by atoms with Crippen molar-refractivity contribution in [2.24, 2.45) is 11.5 Å². The highest BCUT2D eigenvalue weighted by Gasteiger charge is 1.98. The number of thiophene rings is 1. The number of aliphatic carboxylic acids is 1. The predicted molar refractivity (Wildman–Crippen MR) is 53.9 cm³/mol. The summed E-state index contributed by atoms with van der Waals surface area (Å²) in [6.07, 6.45) is 0.150. The van der Waals surface area contributed by atoms with Gasteiger partial charge in [-0.1, -0.05) is 6.07 Å². The minimum atomic E-state index is -0.766. The first-order chi connectivity index (χ1) is 6.56. The lowest BCUT2D eigenvalue weighted by molar-refractivity contribution is -0.136. The van der Waals surface area contributed by atoms with Gasteiger partial charge in [0.25, 0.3) is 0 Å². The van der Waals surface area contributed by atoms with E-state index in [9.17, 15) is 9.59 Å². The first-order valence-electron chi connectivity index (χ1n) is 3.78. The second kappa shape index (κ2) is 7.05. The van der Waals surface area contributed by atoms with E-state index in [0.29, 0.717) is 0 Å². The maximum Gasteiger partial charge on any atom is 0.308 e. The van der Waals surface area contributed by atoms with Crippen LogP contribution in [0.3, 0.4) is 0 Å². The fraction of sp³-hybridized carbons (Fsp3) is 0.250. The SMILES string of the molecule is NCC(N)=O.O=C(O)Cc1cccs1. The number of rotatable bonds is 3. The van der Waals surface area contributed by atoms with Gasteiger partial charge in [0.1, 0.15) is 0 Å². The highest BCUT2D eigenvalue weighted by atomic mass is 32.1. The fourth-order valence-electron chi connectivity index (χ4n) is 0.562. The van der Waals surface area contributed by atoms with Crippen molar-refractivity contribution in [2.45, 2.75) is 6.42 Å². The topological polar surface area (TPSA) is 106 Å². The van der Waals surface area contributed by atoms with Crippen LogP contribution in [-0.2, 0) is 16.0 Å². The van der Waals surface area contributed by atoms with Crippen molar-refractivity contribution in [1.29, 1.82) is 0 Å². The van der Waals surface area contributed by atoms with Gasteiger partial charge in [-0.05, 0) is 11.4 Å². The number of hydrogen-bond acceptors (Lipinski definition) is 4. The van der Waals surface area contributed by atoms with Crippen molar-refractivity contribution in [3.8, 4) is 0 Å². The molecule has 1 amide bonds. The molecular weight excluding hydrogens is 204 g/mol. The Morgan fingerprint density at radius 1 is 1.50 bits per heavy atom. The molecule has 78 valence electrons. The molecule has 1 aromatic rings. The van der Waals surface area contributed by atoms with Crippen LogP contribution in [0, 0.1) is 0 Å². The Bertz CT molecular complexity index is 285. The summed E-state index contributed by atoms with van der Waals surface area (Å²) in [7, 11) is 0. The van der Waals surface area contributed by atoms with Crippen LogP contribution in [-0.4, -0.2) is 23.5 Å². The third kappa shape index (κ3) is 7.26. The van der Waals surface area contributed by atoms with Crippen LogP contribution in [0.2, 0.25) is 0 Å². The lowest BCUT2D eigenvalue weighted by atomic mass is 10.3. The molecule has 6 heteroatoms. The summed E-state index contributed by atoms with van der Waals surface area (Å²) >= 11 is 1.47. The Balaban J connectivity index is 0.000000292. The quantitative estimate of drug-likeness (QED) is 0.650. The molecule has 1 aromatic heterocycles. The number of nitrogens with two attached hydrogens (primary N) is 2. The van der Waals surface area contributed by atoms with E-state index >= 15 is 0 Å². The summed E-state index contributed by atoms with van der Waals surface area (Å²) in [5, 5.41) is 10.2. The van der Waals surface area contributed by atoms with Crippen LogP contribution in [0.1, 0.15) is 4.88 Å². The van der Waals surface area contributed by atoms with Crippen molar-refractivity contribution in [3.63, 3.8) is 0 Å². The van der Waals surface area contributed by atoms with E-state index in [-0.39, 0.29) is 13.0 Å². The molecule has 0 atom stereocenters. The molecule has 0 radical (unpaired) electrons. The average molecular weight is 216 g/mol. The molecule has 0 spiro atoms. The summed E-state index contributed by atoms with van der Waals surface area (Å²) in [5.74, 6) is -1.23. The van der Waals surface area contributed by atoms with E-state index in [0.717, 1.165) is 4.88 Å². The fourth-order valence-corrected chi connectivity index (χ4v) is 1.26. The molecule has 0 aromatic carbocycles. The third-order valence-electron chi connectivity index (χ3n) is 1.11. The third-order valence-corrected chi connectivity index (χ3v) is 1.98. The van der Waals surface area contributed by atoms with Crippen molar-refractivity contribution in [1.82, 2.24) is 0 Å². The van der Waals surface area contributed by atoms with Crippen molar-refractivity contribution in [3.05, 3.63) is 22.4 Å². The zero-order valence-corrected chi connectivity index (χ0v) is 8.29. The van der Waals surface area contributed by atoms with Gasteiger partial charge in [0.15, 0.2) is 0 Å². The minimum Gasteiger partial charge on any atom is -0.481 e. The van der Waals surface area contributed by atoms with Gasteiger partial charge in [0.05, 0.1) is 13.0 Å². The van der Waals surface area contributed by atoms with Crippen molar-refractivity contribution < 1.29 is 14.7 Å². The molecule has 0 saturated carbocycles. The van der Waals surface area contributed by atoms with Gasteiger partial charge in [0.2, 0.25) is 5.91 Å². The summed E-state index contributed by atoms with van der Waals surface area (Å²) < 4.78 is 0. The van der Waals surface area contributed by atoms with Crippen LogP contribution in [0.25, 0.3) is 0 Å². The maximum absolute atomic E-state index is 10.1. The van der Waals surface area contributed by atoms with Crippen LogP contribution in [0.4, 0.5) is 0 Å². The Morgan fingerprint density at radius 2 is 2.07 bits per heavy atom. The van der Waals surface area contributed by atoms with Crippen LogP contribution < -0.4 is 11.5 Å². The molecular formula is C8H12N2O3S. The second-order valence-electron chi connectivity index (χ2n) is 2.32. The number of hydrogen-bond donors (Lipinski definition) is 3. The van der Waals surface area contributed by atoms with E-state index in [2.05, 4.69) is 5.73 Å². The molecule has 0 unspecified atom stereocenters. The lowest BCUT2D eigenvalue weighted by Crippen LogP contribution is -2.21. The Hall–Kier alpha value is -1.40. The predicted octanol–water partition coefficient (Wildman–Crippen LogP) is -0.194. The lowest BCUT2D eigenvalue weighted by Gasteiger charge is -1.85. The van der Waals surface area contributed by atoms with Crippen LogP contribution in [0.15, 0.2) is 17.5 Å². The number of carbonyl (C=O) groups is 2. The molecule has 5 N–H and O–H groups in total. The molecule has 0 fully saturated rings. The van der Waals surface area contributed by atoms with Gasteiger partial charge in [-0.25, -0.2) is 0 Å². The minimum absolute atomic E-state index is 0.0556. The zero-order valence-electron chi connectivity index (χ0n) is 7.47. The summed E-state index contributed by atoms with van der Waals surface area (Å²) in [6.45, 7) is -0.0556. The van der Waals surface area contributed by atoms with E-state index in [4.69, 9.17) is 10.8 Å². The van der Waals surface area contributed by atoms with E-state index in [1.54, 1.807) is 0 Å². The normalized spacial score (nSPS) is 8.64. The molecule has 1 rings (SSSR count). The Kier molecular flexibility index (Phi) is 6.34. The van der Waals surface area contributed by atoms with Crippen molar-refractivity contribution in [2.75, 3.05) is 6.54 Å². The maximum atomic E-state index is 10.1. The smallest absolute Gasteiger partial charge is 0.308 e. The number of carboxylic acid groups (broad SMARTS) is 1. The monoisotopic (exact) mass is 216 g/mol. The Morgan fingerprint density at radius 3 is 2.36 bits per heavy atom. The van der Waals surface area contributed by atoms with Gasteiger partial charge < -0.3 is 16.6 Å². The molecule has 0 aliphatic carbocycles. The highest BCUT2D eigenvalue weighted by Crippen LogP contribution is 2.08. The molecule has 0 aliphatic heterocycles. The molecule has 1 heterocycles. The van der Waals surface area contributed by atoms with Gasteiger partial charge in [-0.3, -0.25) is 9.59 Å². The molecule has 5 nitrogen and oxygen atoms in total. The van der Waals surface area contributed by atoms with Crippen LogP contribution in [0.5, 0.6) is 0 Å². The van der Waals surface area contributed by atoms with Crippen molar-refractivity contribution >= 4 is 23.2 Å². The second-order valence-corrected chi connectivity index (χ2v) is 3.35. The van der Waals surface area contributed by atoms with E-state index < -0.39 is 11.9 Å². The summed E-state index contributed by atoms with van der Waals surface area (Å²) in [5.41, 5.74) is 9.22. The number of carboxylic acids is 1. The molecule has 14 heavy (non-hydrogen) atoms. The molecule has 0 saturated heterocycles. The summed E-state index contributed by atoms with van der Waals surface area (Å²) in [4.78, 5) is 20.4. The van der Waals surface area contributed by atoms with E-state index in [1.165, 1.54) is 11.3 Å². The van der Waals surface area contributed by atoms with Gasteiger partial charge in [-0.2, -0.15) is 0 Å². The van der Waals surface area contributed by atoms with Crippen LogP contribution >= 0.6 is 11.3 Å². The number of amides is 1. The zero-order chi connectivity index (χ0) is 11.0. The Labute approximate surface area is 85.3 Å². The van der Waals surface area contributed by atoms with Gasteiger partial charge in [-0.15, -0.1) is 11.3 Å². The highest BCUT2D eigenvalue weighted by molar-refractivity contribution is 7.10. The molecule has 0 aliphatic rings. The average Bonchev–Trinajstić information content (AvgIpc) is 2.57. The van der Waals surface area contributed by atoms with Gasteiger partial charge >= 0.3 is 5.97 Å². The largest absolute Gasteiger partial charge is 0.481 e. The first kappa shape index (κ1) is 12.6. The number of carbonyl (C=O) groups excluding carboxylic acids is 1. The van der Waals surface area contributed by atoms with E-state index in [1.807, 2.05) is 17.5 Å². The first-order valence-corrected chi connectivity index (χ1v) is 4.66. The summed E-state index contributed by atoms with van der Waals surface area (Å²) in [6, 6.07) is 3.67. The number of primary amides is 1.